The van der Waals surface area contributed by atoms with E-state index >= 15 is 0 Å². The molecule has 2 aliphatic rings. The molecule has 0 saturated carbocycles. The van der Waals surface area contributed by atoms with Crippen molar-refractivity contribution in [3.8, 4) is 0 Å². The lowest BCUT2D eigenvalue weighted by Gasteiger charge is -2.24. The molecule has 4 heterocycles. The molecule has 2 aromatic heterocycles. The summed E-state index contributed by atoms with van der Waals surface area (Å²) in [6.45, 7) is -1.86. The van der Waals surface area contributed by atoms with Crippen molar-refractivity contribution >= 4 is 27.3 Å². The van der Waals surface area contributed by atoms with Gasteiger partial charge in [-0.15, -0.1) is 0 Å². The van der Waals surface area contributed by atoms with Gasteiger partial charge in [-0.3, -0.25) is 22.7 Å². The standard InChI is InChI=1S/C18H26N6O15P2/c19-9-1-3-23(17(28)21-9)15-12(26)11(25)7(37-15)5-36-41(33,34)39-14-8(6-35-40(30,31)32)38-16(13(14)27)24-4-2-10(20)22-18(24)29/h1-4,7-8,11-16,25-27H,5-6H2,(H,33,34)(H2,19,21,28)(H2,20,22,29)(H2,30,31,32)/t7-,8-,11-,12-,13-,14-,15-,16-/m1/s1. The zero-order chi connectivity index (χ0) is 30.3. The van der Waals surface area contributed by atoms with Gasteiger partial charge in [0.2, 0.25) is 0 Å². The molecule has 0 aromatic carbocycles. The molecule has 21 nitrogen and oxygen atoms in total. The van der Waals surface area contributed by atoms with Crippen molar-refractivity contribution in [3.05, 3.63) is 45.5 Å². The van der Waals surface area contributed by atoms with Gasteiger partial charge in [-0.25, -0.2) is 18.7 Å². The van der Waals surface area contributed by atoms with Crippen molar-refractivity contribution in [2.75, 3.05) is 24.7 Å². The van der Waals surface area contributed by atoms with Gasteiger partial charge in [-0.05, 0) is 12.1 Å². The smallest absolute Gasteiger partial charge is 0.387 e. The van der Waals surface area contributed by atoms with Gasteiger partial charge in [0.05, 0.1) is 13.2 Å². The van der Waals surface area contributed by atoms with Crippen molar-refractivity contribution < 1.29 is 62.2 Å². The largest absolute Gasteiger partial charge is 0.472 e. The number of nitrogens with zero attached hydrogens (tertiary/aromatic N) is 4. The molecule has 9 atom stereocenters. The molecular weight excluding hydrogens is 602 g/mol. The van der Waals surface area contributed by atoms with Gasteiger partial charge in [0.1, 0.15) is 48.3 Å². The lowest BCUT2D eigenvalue weighted by molar-refractivity contribution is -0.0611. The SMILES string of the molecule is Nc1ccn([C@@H]2O[C@H](COP(=O)(O)O[C@H]3[C@@H](O)[C@H](n4ccc(N)nc4=O)O[C@@H]3COP(=O)(O)O)[C@@H](O)[C@H]2O)c(=O)n1. The number of anilines is 2. The van der Waals surface area contributed by atoms with E-state index in [1.807, 2.05) is 0 Å². The van der Waals surface area contributed by atoms with E-state index in [0.29, 0.717) is 0 Å². The number of hydrogen-bond donors (Lipinski definition) is 8. The maximum absolute atomic E-state index is 12.8. The number of aliphatic hydroxyl groups excluding tert-OH is 3. The molecular formula is C18H26N6O15P2. The van der Waals surface area contributed by atoms with Crippen LogP contribution in [0.5, 0.6) is 0 Å². The number of rotatable bonds is 10. The van der Waals surface area contributed by atoms with Crippen LogP contribution in [0.25, 0.3) is 0 Å². The number of phosphoric ester groups is 2. The Morgan fingerprint density at radius 1 is 0.805 bits per heavy atom. The van der Waals surface area contributed by atoms with Gasteiger partial charge < -0.3 is 50.9 Å². The molecule has 2 saturated heterocycles. The highest BCUT2D eigenvalue weighted by Crippen LogP contribution is 2.49. The van der Waals surface area contributed by atoms with Gasteiger partial charge in [0.25, 0.3) is 0 Å². The van der Waals surface area contributed by atoms with E-state index in [4.69, 9.17) is 39.8 Å². The molecule has 2 aromatic rings. The van der Waals surface area contributed by atoms with E-state index in [2.05, 4.69) is 14.5 Å². The summed E-state index contributed by atoms with van der Waals surface area (Å²) in [7, 11) is -10.3. The minimum atomic E-state index is -5.21. The van der Waals surface area contributed by atoms with Gasteiger partial charge in [-0.1, -0.05) is 0 Å². The molecule has 23 heteroatoms. The topological polar surface area (TPSA) is 323 Å². The second-order valence-electron chi connectivity index (χ2n) is 8.81. The molecule has 41 heavy (non-hydrogen) atoms. The lowest BCUT2D eigenvalue weighted by Crippen LogP contribution is -2.38. The van der Waals surface area contributed by atoms with Gasteiger partial charge in [-0.2, -0.15) is 9.97 Å². The first-order chi connectivity index (χ1) is 19.1. The van der Waals surface area contributed by atoms with Crippen LogP contribution >= 0.6 is 15.6 Å². The fourth-order valence-electron chi connectivity index (χ4n) is 4.07. The van der Waals surface area contributed by atoms with Crippen molar-refractivity contribution in [2.24, 2.45) is 0 Å². The normalized spacial score (nSPS) is 31.8. The summed E-state index contributed by atoms with van der Waals surface area (Å²) >= 11 is 0. The van der Waals surface area contributed by atoms with E-state index in [-0.39, 0.29) is 11.6 Å². The van der Waals surface area contributed by atoms with Gasteiger partial charge >= 0.3 is 27.0 Å². The number of nitrogens with two attached hydrogens (primary N) is 2. The number of nitrogen functional groups attached to an aromatic ring is 2. The fourth-order valence-corrected chi connectivity index (χ4v) is 5.38. The van der Waals surface area contributed by atoms with Crippen LogP contribution in [0.4, 0.5) is 11.6 Å². The molecule has 228 valence electrons. The zero-order valence-electron chi connectivity index (χ0n) is 20.5. The molecule has 0 bridgehead atoms. The van der Waals surface area contributed by atoms with Crippen molar-refractivity contribution in [1.82, 2.24) is 19.1 Å². The van der Waals surface area contributed by atoms with E-state index in [1.54, 1.807) is 0 Å². The van der Waals surface area contributed by atoms with E-state index in [0.717, 1.165) is 21.5 Å². The quantitative estimate of drug-likeness (QED) is 0.117. The van der Waals surface area contributed by atoms with Crippen LogP contribution in [0.2, 0.25) is 0 Å². The van der Waals surface area contributed by atoms with Crippen molar-refractivity contribution in [3.63, 3.8) is 0 Å². The summed E-state index contributed by atoms with van der Waals surface area (Å²) in [6.07, 6.45) is -11.2. The zero-order valence-corrected chi connectivity index (χ0v) is 22.3. The number of ether oxygens (including phenoxy) is 2. The maximum atomic E-state index is 12.8. The average molecular weight is 628 g/mol. The molecule has 2 aliphatic heterocycles. The summed E-state index contributed by atoms with van der Waals surface area (Å²) in [4.78, 5) is 59.7. The minimum absolute atomic E-state index is 0.111. The predicted molar refractivity (Wildman–Crippen MR) is 130 cm³/mol. The summed E-state index contributed by atoms with van der Waals surface area (Å²) in [6, 6.07) is 2.41. The first-order valence-electron chi connectivity index (χ1n) is 11.5. The lowest BCUT2D eigenvalue weighted by atomic mass is 10.1. The summed E-state index contributed by atoms with van der Waals surface area (Å²) < 4.78 is 50.6. The second-order valence-corrected chi connectivity index (χ2v) is 11.5. The number of aliphatic hydroxyl groups is 3. The molecule has 4 rings (SSSR count). The Balaban J connectivity index is 1.47. The molecule has 0 radical (unpaired) electrons. The Hall–Kier alpha value is -2.62. The molecule has 2 fully saturated rings. The van der Waals surface area contributed by atoms with Crippen molar-refractivity contribution in [2.45, 2.75) is 49.1 Å². The van der Waals surface area contributed by atoms with E-state index < -0.39 is 89.3 Å². The molecule has 10 N–H and O–H groups in total. The Labute approximate surface area is 228 Å². The minimum Gasteiger partial charge on any atom is -0.387 e. The third kappa shape index (κ3) is 7.24. The number of aromatic nitrogens is 4. The fraction of sp³-hybridized carbons (Fsp3) is 0.556. The van der Waals surface area contributed by atoms with Crippen LogP contribution in [0.3, 0.4) is 0 Å². The molecule has 0 amide bonds. The van der Waals surface area contributed by atoms with Crippen LogP contribution in [0.15, 0.2) is 34.1 Å². The number of phosphoric acid groups is 2. The molecule has 0 aliphatic carbocycles. The van der Waals surface area contributed by atoms with Crippen LogP contribution in [0.1, 0.15) is 12.5 Å². The van der Waals surface area contributed by atoms with E-state index in [1.165, 1.54) is 12.1 Å². The average Bonchev–Trinajstić information content (AvgIpc) is 3.31. The highest BCUT2D eigenvalue weighted by Gasteiger charge is 2.51. The maximum Gasteiger partial charge on any atom is 0.472 e. The molecule has 0 spiro atoms. The molecule has 1 unspecified atom stereocenters. The van der Waals surface area contributed by atoms with Crippen LogP contribution in [-0.4, -0.2) is 98.9 Å². The van der Waals surface area contributed by atoms with E-state index in [9.17, 15) is 38.9 Å². The number of hydrogen-bond acceptors (Lipinski definition) is 16. The van der Waals surface area contributed by atoms with Gasteiger partial charge in [0, 0.05) is 12.4 Å². The second kappa shape index (κ2) is 11.9. The van der Waals surface area contributed by atoms with Crippen LogP contribution < -0.4 is 22.8 Å². The highest BCUT2D eigenvalue weighted by atomic mass is 31.2. The third-order valence-corrected chi connectivity index (χ3v) is 7.43. The van der Waals surface area contributed by atoms with Gasteiger partial charge in [0.15, 0.2) is 12.5 Å². The highest BCUT2D eigenvalue weighted by molar-refractivity contribution is 7.47. The summed E-state index contributed by atoms with van der Waals surface area (Å²) in [5.41, 5.74) is 8.95. The van der Waals surface area contributed by atoms with Crippen molar-refractivity contribution in [1.29, 1.82) is 0 Å². The Morgan fingerprint density at radius 3 is 1.80 bits per heavy atom. The van der Waals surface area contributed by atoms with Crippen LogP contribution in [0, 0.1) is 0 Å². The Bertz CT molecular complexity index is 1470. The first-order valence-corrected chi connectivity index (χ1v) is 14.5. The first kappa shape index (κ1) is 31.3. The van der Waals surface area contributed by atoms with Crippen LogP contribution in [-0.2, 0) is 32.2 Å². The summed E-state index contributed by atoms with van der Waals surface area (Å²) in [5, 5.41) is 31.4. The third-order valence-electron chi connectivity index (χ3n) is 5.96. The summed E-state index contributed by atoms with van der Waals surface area (Å²) in [5.74, 6) is -0.276. The monoisotopic (exact) mass is 628 g/mol. The predicted octanol–water partition coefficient (Wildman–Crippen LogP) is -3.85. The Morgan fingerprint density at radius 2 is 1.29 bits per heavy atom. The Kier molecular flexibility index (Phi) is 9.12.